The first kappa shape index (κ1) is 15.0. The Morgan fingerprint density at radius 1 is 1.47 bits per heavy atom. The van der Waals surface area contributed by atoms with Crippen LogP contribution < -0.4 is 10.5 Å². The van der Waals surface area contributed by atoms with Crippen molar-refractivity contribution in [1.82, 2.24) is 4.72 Å². The molecule has 0 saturated carbocycles. The highest BCUT2D eigenvalue weighted by Gasteiger charge is 2.21. The number of rotatable bonds is 8. The van der Waals surface area contributed by atoms with Gasteiger partial charge in [-0.25, -0.2) is 13.1 Å². The van der Waals surface area contributed by atoms with Gasteiger partial charge in [0.05, 0.1) is 5.25 Å². The lowest BCUT2D eigenvalue weighted by atomic mass is 10.3. The van der Waals surface area contributed by atoms with Gasteiger partial charge in [-0.15, -0.1) is 0 Å². The molecule has 0 bridgehead atoms. The Balaban J connectivity index is 3.99. The molecule has 0 aliphatic carbocycles. The van der Waals surface area contributed by atoms with Gasteiger partial charge in [-0.2, -0.15) is 0 Å². The first-order chi connectivity index (χ1) is 6.94. The summed E-state index contributed by atoms with van der Waals surface area (Å²) in [5.41, 5.74) is 5.35. The minimum atomic E-state index is -3.29. The maximum Gasteiger partial charge on any atom is 0.215 e. The molecule has 15 heavy (non-hydrogen) atoms. The van der Waals surface area contributed by atoms with Crippen LogP contribution in [0.2, 0.25) is 0 Å². The first-order valence-corrected chi connectivity index (χ1v) is 8.20. The fraction of sp³-hybridized carbons (Fsp3) is 1.00. The molecule has 0 fully saturated rings. The molecule has 0 aromatic rings. The monoisotopic (exact) mass is 256 g/mol. The molecule has 0 aliphatic rings. The number of nitrogens with two attached hydrogens (primary N) is 1. The fourth-order valence-corrected chi connectivity index (χ4v) is 3.03. The van der Waals surface area contributed by atoms with Crippen LogP contribution in [0.3, 0.4) is 0 Å². The van der Waals surface area contributed by atoms with Crippen LogP contribution in [0.15, 0.2) is 0 Å². The molecule has 0 spiro atoms. The summed E-state index contributed by atoms with van der Waals surface area (Å²) in [5, 5.41) is -0.523. The average molecular weight is 256 g/mol. The lowest BCUT2D eigenvalue weighted by Gasteiger charge is -2.14. The van der Waals surface area contributed by atoms with Gasteiger partial charge in [-0.1, -0.05) is 6.92 Å². The van der Waals surface area contributed by atoms with Gasteiger partial charge in [0.2, 0.25) is 10.0 Å². The molecule has 92 valence electrons. The van der Waals surface area contributed by atoms with E-state index in [-0.39, 0.29) is 6.54 Å². The topological polar surface area (TPSA) is 89.3 Å². The second-order valence-corrected chi connectivity index (χ2v) is 6.94. The Labute approximate surface area is 94.3 Å². The van der Waals surface area contributed by atoms with Crippen molar-refractivity contribution in [2.75, 3.05) is 25.1 Å². The highest BCUT2D eigenvalue weighted by molar-refractivity contribution is 7.90. The summed E-state index contributed by atoms with van der Waals surface area (Å²) in [6, 6.07) is 0. The second kappa shape index (κ2) is 7.32. The van der Waals surface area contributed by atoms with Crippen LogP contribution in [-0.2, 0) is 20.8 Å². The van der Waals surface area contributed by atoms with Crippen molar-refractivity contribution < 1.29 is 12.6 Å². The Hall–Kier alpha value is 0.0200. The number of hydrogen-bond acceptors (Lipinski definition) is 4. The lowest BCUT2D eigenvalue weighted by Crippen LogP contribution is -2.39. The zero-order valence-corrected chi connectivity index (χ0v) is 10.9. The van der Waals surface area contributed by atoms with Crippen molar-refractivity contribution in [2.45, 2.75) is 25.0 Å². The van der Waals surface area contributed by atoms with E-state index in [2.05, 4.69) is 4.72 Å². The van der Waals surface area contributed by atoms with Crippen LogP contribution in [0.5, 0.6) is 0 Å². The van der Waals surface area contributed by atoms with E-state index in [0.717, 1.165) is 0 Å². The van der Waals surface area contributed by atoms with Crippen LogP contribution >= 0.6 is 0 Å². The van der Waals surface area contributed by atoms with Crippen molar-refractivity contribution in [3.8, 4) is 0 Å². The molecular weight excluding hydrogens is 236 g/mol. The summed E-state index contributed by atoms with van der Waals surface area (Å²) in [6.45, 7) is 2.25. The molecule has 0 radical (unpaired) electrons. The van der Waals surface area contributed by atoms with Gasteiger partial charge in [0.25, 0.3) is 0 Å². The molecule has 2 unspecified atom stereocenters. The van der Waals surface area contributed by atoms with E-state index < -0.39 is 26.1 Å². The van der Waals surface area contributed by atoms with Crippen molar-refractivity contribution in [3.63, 3.8) is 0 Å². The first-order valence-electron chi connectivity index (χ1n) is 4.92. The molecule has 0 amide bonds. The van der Waals surface area contributed by atoms with E-state index in [4.69, 9.17) is 5.73 Å². The van der Waals surface area contributed by atoms with Crippen LogP contribution in [-0.4, -0.2) is 43.0 Å². The van der Waals surface area contributed by atoms with Crippen LogP contribution in [0, 0.1) is 0 Å². The van der Waals surface area contributed by atoms with Crippen molar-refractivity contribution >= 4 is 20.8 Å². The van der Waals surface area contributed by atoms with Crippen molar-refractivity contribution in [2.24, 2.45) is 5.73 Å². The smallest absolute Gasteiger partial charge is 0.215 e. The molecular formula is C8H20N2O3S2. The van der Waals surface area contributed by atoms with E-state index in [0.29, 0.717) is 25.1 Å². The average Bonchev–Trinajstić information content (AvgIpc) is 2.14. The van der Waals surface area contributed by atoms with Crippen LogP contribution in [0.1, 0.15) is 19.8 Å². The quantitative estimate of drug-likeness (QED) is 0.568. The standard InChI is InChI=1S/C8H20N2O3S2/c1-3-8(7-9)15(12,13)10-5-4-6-14(2)11/h8,10H,3-7,9H2,1-2H3. The number of nitrogens with one attached hydrogen (secondary N) is 1. The van der Waals surface area contributed by atoms with Crippen LogP contribution in [0.4, 0.5) is 0 Å². The summed E-state index contributed by atoms with van der Waals surface area (Å²) in [7, 11) is -4.16. The molecule has 0 saturated heterocycles. The Kier molecular flexibility index (Phi) is 7.33. The molecule has 0 rings (SSSR count). The van der Waals surface area contributed by atoms with E-state index in [9.17, 15) is 12.6 Å². The molecule has 3 N–H and O–H groups in total. The van der Waals surface area contributed by atoms with Crippen LogP contribution in [0.25, 0.3) is 0 Å². The zero-order valence-electron chi connectivity index (χ0n) is 9.23. The predicted octanol–water partition coefficient (Wildman–Crippen LogP) is -0.588. The SMILES string of the molecule is CCC(CN)S(=O)(=O)NCCCS(C)=O. The molecule has 2 atom stereocenters. The lowest BCUT2D eigenvalue weighted by molar-refractivity contribution is 0.560. The van der Waals surface area contributed by atoms with E-state index in [1.54, 1.807) is 13.2 Å². The second-order valence-electron chi connectivity index (χ2n) is 3.34. The highest BCUT2D eigenvalue weighted by atomic mass is 32.2. The van der Waals surface area contributed by atoms with E-state index in [1.165, 1.54) is 0 Å². The van der Waals surface area contributed by atoms with Gasteiger partial charge in [0.15, 0.2) is 0 Å². The van der Waals surface area contributed by atoms with E-state index in [1.807, 2.05) is 0 Å². The molecule has 7 heteroatoms. The zero-order chi connectivity index (χ0) is 11.9. The summed E-state index contributed by atoms with van der Waals surface area (Å²) in [4.78, 5) is 0. The Bertz CT molecular complexity index is 286. The minimum absolute atomic E-state index is 0.130. The predicted molar refractivity (Wildman–Crippen MR) is 63.6 cm³/mol. The van der Waals surface area contributed by atoms with Gasteiger partial charge >= 0.3 is 0 Å². The maximum absolute atomic E-state index is 11.6. The van der Waals surface area contributed by atoms with E-state index >= 15 is 0 Å². The summed E-state index contributed by atoms with van der Waals surface area (Å²) < 4.78 is 36.3. The van der Waals surface area contributed by atoms with Gasteiger partial charge in [-0.3, -0.25) is 4.21 Å². The van der Waals surface area contributed by atoms with Crippen molar-refractivity contribution in [3.05, 3.63) is 0 Å². The Morgan fingerprint density at radius 3 is 2.47 bits per heavy atom. The minimum Gasteiger partial charge on any atom is -0.329 e. The van der Waals surface area contributed by atoms with Gasteiger partial charge in [0, 0.05) is 35.9 Å². The van der Waals surface area contributed by atoms with Gasteiger partial charge in [-0.05, 0) is 12.8 Å². The molecule has 0 aliphatic heterocycles. The number of sulfonamides is 1. The van der Waals surface area contributed by atoms with Gasteiger partial charge in [0.1, 0.15) is 0 Å². The normalized spacial score (nSPS) is 16.2. The number of hydrogen-bond donors (Lipinski definition) is 2. The van der Waals surface area contributed by atoms with Crippen molar-refractivity contribution in [1.29, 1.82) is 0 Å². The third-order valence-electron chi connectivity index (χ3n) is 2.07. The Morgan fingerprint density at radius 2 is 2.07 bits per heavy atom. The molecule has 0 aromatic heterocycles. The van der Waals surface area contributed by atoms with Gasteiger partial charge < -0.3 is 5.73 Å². The third-order valence-corrected chi connectivity index (χ3v) is 4.94. The third kappa shape index (κ3) is 6.24. The summed E-state index contributed by atoms with van der Waals surface area (Å²) in [6.07, 6.45) is 2.69. The largest absolute Gasteiger partial charge is 0.329 e. The maximum atomic E-state index is 11.6. The fourth-order valence-electron chi connectivity index (χ4n) is 1.12. The molecule has 0 heterocycles. The molecule has 0 aromatic carbocycles. The highest BCUT2D eigenvalue weighted by Crippen LogP contribution is 2.01. The summed E-state index contributed by atoms with van der Waals surface area (Å²) >= 11 is 0. The summed E-state index contributed by atoms with van der Waals surface area (Å²) in [5.74, 6) is 0.516. The molecule has 5 nitrogen and oxygen atoms in total.